The van der Waals surface area contributed by atoms with E-state index < -0.39 is 0 Å². The van der Waals surface area contributed by atoms with Gasteiger partial charge in [0, 0.05) is 23.0 Å². The van der Waals surface area contributed by atoms with Gasteiger partial charge in [-0.25, -0.2) is 0 Å². The van der Waals surface area contributed by atoms with Crippen LogP contribution in [0.1, 0.15) is 25.7 Å². The summed E-state index contributed by atoms with van der Waals surface area (Å²) in [6.45, 7) is 1.46. The summed E-state index contributed by atoms with van der Waals surface area (Å²) in [5.74, 6) is 0.797. The fourth-order valence-electron chi connectivity index (χ4n) is 2.57. The molecular formula is C15H21BrN2O2. The second-order valence-electron chi connectivity index (χ2n) is 5.21. The first-order valence-corrected chi connectivity index (χ1v) is 7.85. The summed E-state index contributed by atoms with van der Waals surface area (Å²) >= 11 is 3.42. The maximum atomic E-state index is 11.1. The molecule has 4 nitrogen and oxygen atoms in total. The van der Waals surface area contributed by atoms with Crippen molar-refractivity contribution in [2.75, 3.05) is 13.2 Å². The first-order valence-electron chi connectivity index (χ1n) is 7.06. The number of hydrogen-bond acceptors (Lipinski definition) is 3. The maximum Gasteiger partial charge on any atom is 0.220 e. The van der Waals surface area contributed by atoms with Crippen molar-refractivity contribution in [3.63, 3.8) is 0 Å². The number of carbonyl (C=O) groups excluding carboxylic acids is 1. The van der Waals surface area contributed by atoms with Crippen LogP contribution in [0.5, 0.6) is 5.75 Å². The third-order valence-electron chi connectivity index (χ3n) is 3.73. The van der Waals surface area contributed by atoms with Crippen LogP contribution in [0, 0.1) is 5.92 Å². The molecular weight excluding hydrogens is 320 g/mol. The standard InChI is InChI=1S/C15H21BrN2O2/c16-12-2-1-3-14(10-12)20-9-8-18-13-6-4-11(5-7-13)15(17)19/h1-3,10-11,13,18H,4-9H2,(H2,17,19). The molecule has 0 radical (unpaired) electrons. The monoisotopic (exact) mass is 340 g/mol. The van der Waals surface area contributed by atoms with Gasteiger partial charge in [0.2, 0.25) is 5.91 Å². The Morgan fingerprint density at radius 3 is 2.75 bits per heavy atom. The van der Waals surface area contributed by atoms with Crippen molar-refractivity contribution in [2.45, 2.75) is 31.7 Å². The Kier molecular flexibility index (Phi) is 5.86. The Morgan fingerprint density at radius 1 is 1.35 bits per heavy atom. The Morgan fingerprint density at radius 2 is 2.10 bits per heavy atom. The molecule has 0 aromatic heterocycles. The van der Waals surface area contributed by atoms with Gasteiger partial charge in [0.05, 0.1) is 0 Å². The summed E-state index contributed by atoms with van der Waals surface area (Å²) in [4.78, 5) is 11.1. The third kappa shape index (κ3) is 4.80. The lowest BCUT2D eigenvalue weighted by atomic mass is 9.85. The number of carbonyl (C=O) groups is 1. The number of halogens is 1. The van der Waals surface area contributed by atoms with Crippen LogP contribution in [0.4, 0.5) is 0 Å². The minimum Gasteiger partial charge on any atom is -0.492 e. The van der Waals surface area contributed by atoms with Crippen LogP contribution in [0.2, 0.25) is 0 Å². The Bertz CT molecular complexity index is 445. The molecule has 2 rings (SSSR count). The summed E-state index contributed by atoms with van der Waals surface area (Å²) in [5, 5.41) is 3.48. The average Bonchev–Trinajstić information content (AvgIpc) is 2.44. The van der Waals surface area contributed by atoms with Gasteiger partial charge in [0.1, 0.15) is 12.4 Å². The van der Waals surface area contributed by atoms with E-state index in [1.165, 1.54) is 0 Å². The van der Waals surface area contributed by atoms with Crippen molar-refractivity contribution in [1.29, 1.82) is 0 Å². The van der Waals surface area contributed by atoms with Crippen molar-refractivity contribution >= 4 is 21.8 Å². The highest BCUT2D eigenvalue weighted by Gasteiger charge is 2.23. The number of hydrogen-bond donors (Lipinski definition) is 2. The molecule has 5 heteroatoms. The van der Waals surface area contributed by atoms with Crippen LogP contribution < -0.4 is 15.8 Å². The molecule has 0 unspecified atom stereocenters. The second kappa shape index (κ2) is 7.64. The Hall–Kier alpha value is -1.07. The lowest BCUT2D eigenvalue weighted by Crippen LogP contribution is -2.38. The Labute approximate surface area is 128 Å². The molecule has 1 aliphatic carbocycles. The predicted octanol–water partition coefficient (Wildman–Crippen LogP) is 2.46. The van der Waals surface area contributed by atoms with Crippen LogP contribution in [0.3, 0.4) is 0 Å². The molecule has 0 saturated heterocycles. The van der Waals surface area contributed by atoms with Crippen LogP contribution in [0.15, 0.2) is 28.7 Å². The van der Waals surface area contributed by atoms with Gasteiger partial charge >= 0.3 is 0 Å². The molecule has 0 heterocycles. The van der Waals surface area contributed by atoms with Gasteiger partial charge in [-0.1, -0.05) is 22.0 Å². The maximum absolute atomic E-state index is 11.1. The van der Waals surface area contributed by atoms with E-state index in [1.807, 2.05) is 24.3 Å². The zero-order valence-electron chi connectivity index (χ0n) is 11.5. The van der Waals surface area contributed by atoms with Crippen LogP contribution in [-0.2, 0) is 4.79 Å². The number of ether oxygens (including phenoxy) is 1. The topological polar surface area (TPSA) is 64.4 Å². The molecule has 0 bridgehead atoms. The van der Waals surface area contributed by atoms with E-state index in [-0.39, 0.29) is 11.8 Å². The number of primary amides is 1. The molecule has 1 aliphatic rings. The molecule has 20 heavy (non-hydrogen) atoms. The molecule has 3 N–H and O–H groups in total. The summed E-state index contributed by atoms with van der Waals surface area (Å²) in [6.07, 6.45) is 3.84. The zero-order valence-corrected chi connectivity index (χ0v) is 13.1. The molecule has 0 aliphatic heterocycles. The van der Waals surface area contributed by atoms with Crippen LogP contribution in [-0.4, -0.2) is 25.1 Å². The van der Waals surface area contributed by atoms with Gasteiger partial charge < -0.3 is 15.8 Å². The predicted molar refractivity (Wildman–Crippen MR) is 82.6 cm³/mol. The van der Waals surface area contributed by atoms with Crippen molar-refractivity contribution in [1.82, 2.24) is 5.32 Å². The largest absolute Gasteiger partial charge is 0.492 e. The zero-order chi connectivity index (χ0) is 14.4. The second-order valence-corrected chi connectivity index (χ2v) is 6.13. The van der Waals surface area contributed by atoms with E-state index in [0.717, 1.165) is 42.5 Å². The molecule has 1 aromatic carbocycles. The van der Waals surface area contributed by atoms with Gasteiger partial charge in [-0.15, -0.1) is 0 Å². The molecule has 1 saturated carbocycles. The highest BCUT2D eigenvalue weighted by Crippen LogP contribution is 2.23. The first kappa shape index (κ1) is 15.3. The fourth-order valence-corrected chi connectivity index (χ4v) is 2.95. The number of nitrogens with one attached hydrogen (secondary N) is 1. The number of amides is 1. The van der Waals surface area contributed by atoms with E-state index in [9.17, 15) is 4.79 Å². The lowest BCUT2D eigenvalue weighted by molar-refractivity contribution is -0.122. The normalized spacial score (nSPS) is 22.4. The average molecular weight is 341 g/mol. The summed E-state index contributed by atoms with van der Waals surface area (Å²) in [6, 6.07) is 8.32. The number of benzene rings is 1. The fraction of sp³-hybridized carbons (Fsp3) is 0.533. The smallest absolute Gasteiger partial charge is 0.220 e. The van der Waals surface area contributed by atoms with Crippen molar-refractivity contribution in [3.8, 4) is 5.75 Å². The van der Waals surface area contributed by atoms with Gasteiger partial charge in [-0.2, -0.15) is 0 Å². The first-order chi connectivity index (χ1) is 9.65. The molecule has 1 fully saturated rings. The quantitative estimate of drug-likeness (QED) is 0.782. The lowest BCUT2D eigenvalue weighted by Gasteiger charge is -2.27. The van der Waals surface area contributed by atoms with Crippen molar-refractivity contribution < 1.29 is 9.53 Å². The van der Waals surface area contributed by atoms with Crippen LogP contribution >= 0.6 is 15.9 Å². The van der Waals surface area contributed by atoms with Gasteiger partial charge in [-0.05, 0) is 43.9 Å². The summed E-state index contributed by atoms with van der Waals surface area (Å²) < 4.78 is 6.69. The highest BCUT2D eigenvalue weighted by molar-refractivity contribution is 9.10. The Balaban J connectivity index is 1.61. The molecule has 0 spiro atoms. The summed E-state index contributed by atoms with van der Waals surface area (Å²) in [7, 11) is 0. The minimum atomic E-state index is -0.151. The van der Waals surface area contributed by atoms with Crippen LogP contribution in [0.25, 0.3) is 0 Å². The van der Waals surface area contributed by atoms with E-state index in [2.05, 4.69) is 21.2 Å². The molecule has 1 aromatic rings. The van der Waals surface area contributed by atoms with Crippen molar-refractivity contribution in [2.24, 2.45) is 11.7 Å². The summed E-state index contributed by atoms with van der Waals surface area (Å²) in [5.41, 5.74) is 5.33. The van der Waals surface area contributed by atoms with E-state index in [0.29, 0.717) is 12.6 Å². The van der Waals surface area contributed by atoms with Crippen molar-refractivity contribution in [3.05, 3.63) is 28.7 Å². The molecule has 1 amide bonds. The third-order valence-corrected chi connectivity index (χ3v) is 4.22. The van der Waals surface area contributed by atoms with Gasteiger partial charge in [0.15, 0.2) is 0 Å². The SMILES string of the molecule is NC(=O)C1CCC(NCCOc2cccc(Br)c2)CC1. The van der Waals surface area contributed by atoms with Gasteiger partial charge in [-0.3, -0.25) is 4.79 Å². The van der Waals surface area contributed by atoms with E-state index in [1.54, 1.807) is 0 Å². The highest BCUT2D eigenvalue weighted by atomic mass is 79.9. The van der Waals surface area contributed by atoms with E-state index in [4.69, 9.17) is 10.5 Å². The molecule has 0 atom stereocenters. The van der Waals surface area contributed by atoms with Gasteiger partial charge in [0.25, 0.3) is 0 Å². The van der Waals surface area contributed by atoms with E-state index >= 15 is 0 Å². The minimum absolute atomic E-state index is 0.0750. The number of rotatable bonds is 6. The molecule has 110 valence electrons. The number of nitrogens with two attached hydrogens (primary N) is 1.